The second-order valence-electron chi connectivity index (χ2n) is 10.8. The second kappa shape index (κ2) is 32.1. The van der Waals surface area contributed by atoms with Crippen molar-refractivity contribution in [3.63, 3.8) is 0 Å². The molecule has 3 heterocycles. The van der Waals surface area contributed by atoms with E-state index in [1.165, 1.54) is 88.9 Å². The predicted octanol–water partition coefficient (Wildman–Crippen LogP) is 8.10. The maximum Gasteiger partial charge on any atom is 2.00 e. The largest absolute Gasteiger partial charge is 2.00 e. The summed E-state index contributed by atoms with van der Waals surface area (Å²) in [5.74, 6) is 1.72. The number of likely N-dealkylation sites (tertiary alicyclic amines) is 3. The van der Waals surface area contributed by atoms with Crippen LogP contribution in [0.1, 0.15) is 111 Å². The van der Waals surface area contributed by atoms with Gasteiger partial charge in [0, 0.05) is 14.2 Å². The Bertz CT molecular complexity index is 534. The molecule has 0 unspecified atom stereocenters. The SMILES string of the molecule is C/C(N)=C(\C)C1CCN(C)CC1.CC.CC.CC(C)=C(C)N.CC1CCN(C)CC1.CN1CC[CH-]CC1.[3HH].[3HH].[CH3-].[Zn+2]. The summed E-state index contributed by atoms with van der Waals surface area (Å²) in [6, 6.07) is 0. The van der Waals surface area contributed by atoms with Crippen LogP contribution in [0.25, 0.3) is 0 Å². The van der Waals surface area contributed by atoms with Gasteiger partial charge in [0.25, 0.3) is 0 Å². The van der Waals surface area contributed by atoms with Crippen molar-refractivity contribution in [2.24, 2.45) is 23.3 Å². The summed E-state index contributed by atoms with van der Waals surface area (Å²) < 4.78 is 0. The smallest absolute Gasteiger partial charge is 0.402 e. The van der Waals surface area contributed by atoms with Gasteiger partial charge >= 0.3 is 19.5 Å². The van der Waals surface area contributed by atoms with Gasteiger partial charge in [0.1, 0.15) is 0 Å². The van der Waals surface area contributed by atoms with E-state index in [0.717, 1.165) is 23.2 Å². The quantitative estimate of drug-likeness (QED) is 0.231. The van der Waals surface area contributed by atoms with Crippen molar-refractivity contribution in [1.82, 2.24) is 14.7 Å². The van der Waals surface area contributed by atoms with Gasteiger partial charge < -0.3 is 40.0 Å². The van der Waals surface area contributed by atoms with Gasteiger partial charge in [0.2, 0.25) is 0 Å². The first-order chi connectivity index (χ1) is 17.4. The van der Waals surface area contributed by atoms with Crippen molar-refractivity contribution in [1.29, 1.82) is 0 Å². The number of piperidine rings is 3. The monoisotopic (exact) mass is 612 g/mol. The molecule has 0 bridgehead atoms. The first-order valence-corrected chi connectivity index (χ1v) is 15.1. The van der Waals surface area contributed by atoms with E-state index >= 15 is 0 Å². The van der Waals surface area contributed by atoms with Crippen molar-refractivity contribution in [2.75, 3.05) is 60.4 Å². The van der Waals surface area contributed by atoms with Gasteiger partial charge in [-0.2, -0.15) is 12.8 Å². The summed E-state index contributed by atoms with van der Waals surface area (Å²) >= 11 is 0. The van der Waals surface area contributed by atoms with Gasteiger partial charge in [0.05, 0.1) is 0 Å². The van der Waals surface area contributed by atoms with Crippen LogP contribution in [0, 0.1) is 25.7 Å². The average Bonchev–Trinajstić information content (AvgIpc) is 2.90. The third kappa shape index (κ3) is 30.4. The summed E-state index contributed by atoms with van der Waals surface area (Å²) in [6.07, 6.45) is 10.3. The summed E-state index contributed by atoms with van der Waals surface area (Å²) in [6.45, 7) is 28.0. The minimum Gasteiger partial charge on any atom is -0.402 e. The maximum absolute atomic E-state index is 5.77. The second-order valence-corrected chi connectivity index (χ2v) is 10.8. The molecule has 0 saturated carbocycles. The molecule has 0 aliphatic carbocycles. The first-order valence-electron chi connectivity index (χ1n) is 15.1. The Hall–Kier alpha value is -0.417. The Morgan fingerprint density at radius 1 is 0.641 bits per heavy atom. The van der Waals surface area contributed by atoms with Gasteiger partial charge in [-0.25, -0.2) is 0 Å². The number of nitrogens with zero attached hydrogens (tertiary/aromatic N) is 3. The molecular formula is C33H77N5Zn. The molecule has 3 aliphatic heterocycles. The first kappa shape index (κ1) is 48.3. The minimum absolute atomic E-state index is 0. The topological polar surface area (TPSA) is 61.8 Å². The molecule has 3 aliphatic rings. The Labute approximate surface area is 264 Å². The Kier molecular flexibility index (Phi) is 39.8. The molecule has 4 N–H and O–H groups in total. The molecule has 0 spiro atoms. The van der Waals surface area contributed by atoms with Crippen LogP contribution in [-0.2, 0) is 19.5 Å². The number of nitrogens with two attached hydrogens (primary N) is 2. The van der Waals surface area contributed by atoms with Crippen molar-refractivity contribution in [3.05, 3.63) is 36.4 Å². The summed E-state index contributed by atoms with van der Waals surface area (Å²) in [5, 5.41) is 0. The summed E-state index contributed by atoms with van der Waals surface area (Å²) in [7, 11) is 6.56. The molecule has 0 atom stereocenters. The zero-order valence-corrected chi connectivity index (χ0v) is 32.4. The van der Waals surface area contributed by atoms with E-state index < -0.39 is 0 Å². The molecule has 3 saturated heterocycles. The maximum atomic E-state index is 5.77. The van der Waals surface area contributed by atoms with E-state index in [1.807, 2.05) is 55.4 Å². The van der Waals surface area contributed by atoms with Crippen molar-refractivity contribution >= 4 is 0 Å². The van der Waals surface area contributed by atoms with E-state index in [2.05, 4.69) is 56.1 Å². The molecule has 0 aromatic rings. The minimum atomic E-state index is 0. The van der Waals surface area contributed by atoms with Crippen LogP contribution in [0.5, 0.6) is 0 Å². The number of allylic oxidation sites excluding steroid dienone is 4. The number of hydrogen-bond acceptors (Lipinski definition) is 5. The summed E-state index contributed by atoms with van der Waals surface area (Å²) in [5.41, 5.74) is 15.6. The molecule has 236 valence electrons. The average molecular weight is 613 g/mol. The van der Waals surface area contributed by atoms with Gasteiger partial charge in [-0.15, -0.1) is 0 Å². The van der Waals surface area contributed by atoms with E-state index in [4.69, 9.17) is 11.5 Å². The Morgan fingerprint density at radius 3 is 1.18 bits per heavy atom. The molecule has 0 aromatic carbocycles. The van der Waals surface area contributed by atoms with Crippen molar-refractivity contribution < 1.29 is 22.3 Å². The Morgan fingerprint density at radius 2 is 0.949 bits per heavy atom. The summed E-state index contributed by atoms with van der Waals surface area (Å²) in [4.78, 5) is 7.15. The molecule has 39 heavy (non-hydrogen) atoms. The van der Waals surface area contributed by atoms with Crippen molar-refractivity contribution in [2.45, 2.75) is 108 Å². The normalized spacial score (nSPS) is 18.8. The van der Waals surface area contributed by atoms with E-state index in [9.17, 15) is 0 Å². The molecule has 6 heteroatoms. The third-order valence-electron chi connectivity index (χ3n) is 7.18. The fourth-order valence-electron chi connectivity index (χ4n) is 3.78. The van der Waals surface area contributed by atoms with Crippen LogP contribution in [0.15, 0.2) is 22.5 Å². The Balaban J connectivity index is -0.0000000718. The molecule has 0 aromatic heterocycles. The molecule has 3 rings (SSSR count). The third-order valence-corrected chi connectivity index (χ3v) is 7.18. The van der Waals surface area contributed by atoms with Crippen LogP contribution >= 0.6 is 0 Å². The predicted molar refractivity (Wildman–Crippen MR) is 181 cm³/mol. The molecule has 0 amide bonds. The van der Waals surface area contributed by atoms with E-state index in [0.29, 0.717) is 0 Å². The fraction of sp³-hybridized carbons (Fsp3) is 0.818. The van der Waals surface area contributed by atoms with Gasteiger partial charge in [-0.1, -0.05) is 45.8 Å². The molecule has 3 fully saturated rings. The van der Waals surface area contributed by atoms with Gasteiger partial charge in [0.15, 0.2) is 0 Å². The van der Waals surface area contributed by atoms with Crippen LogP contribution in [0.2, 0.25) is 0 Å². The molecule has 5 nitrogen and oxygen atoms in total. The molecular weight excluding hydrogens is 532 g/mol. The van der Waals surface area contributed by atoms with Crippen molar-refractivity contribution in [3.8, 4) is 0 Å². The van der Waals surface area contributed by atoms with Crippen LogP contribution in [0.3, 0.4) is 0 Å². The van der Waals surface area contributed by atoms with Crippen LogP contribution in [-0.4, -0.2) is 75.1 Å². The van der Waals surface area contributed by atoms with E-state index in [1.54, 1.807) is 0 Å². The zero-order chi connectivity index (χ0) is 29.4. The van der Waals surface area contributed by atoms with E-state index in [-0.39, 0.29) is 29.8 Å². The number of rotatable bonds is 1. The van der Waals surface area contributed by atoms with Gasteiger partial charge in [-0.05, 0) is 133 Å². The fourth-order valence-corrected chi connectivity index (χ4v) is 3.78. The van der Waals surface area contributed by atoms with Gasteiger partial charge in [-0.3, -0.25) is 0 Å². The number of hydrogen-bond donors (Lipinski definition) is 2. The standard InChI is InChI=1S/C10H20N2.C7H15N.C6H12N.C5H11N.2C2H6.CH3.Zn.2H2/c1-8(9(2)11)10-4-6-12(3)7-5-10;1-7-3-5-8(2)6-4-7;1-7-5-3-2-4-6-7;1-4(2)5(3)6;2*1-2;;;;/h10H,4-7,11H2,1-3H3;7H,3-6H2,1-2H3;2H,3-6H2,1H3;6H2,1-3H3;2*1-2H3;1H3;;2*1H/q;;-1;;;;-1;+2;;/b9-8-;;;;;;;;;/i;;;;;;;;2*1+2. The zero-order valence-electron chi connectivity index (χ0n) is 29.4. The van der Waals surface area contributed by atoms with Crippen LogP contribution < -0.4 is 11.5 Å². The molecule has 0 radical (unpaired) electrons. The van der Waals surface area contributed by atoms with Crippen LogP contribution in [0.4, 0.5) is 0 Å².